The minimum absolute atomic E-state index is 0.0100. The average Bonchev–Trinajstić information content (AvgIpc) is 2.96. The van der Waals surface area contributed by atoms with Gasteiger partial charge in [-0.2, -0.15) is 0 Å². The monoisotopic (exact) mass is 332 g/mol. The Morgan fingerprint density at radius 1 is 1.33 bits per heavy atom. The Morgan fingerprint density at radius 2 is 2.04 bits per heavy atom. The molecule has 0 aromatic heterocycles. The van der Waals surface area contributed by atoms with E-state index in [4.69, 9.17) is 4.74 Å². The van der Waals surface area contributed by atoms with Gasteiger partial charge in [-0.05, 0) is 32.3 Å². The normalized spacial score (nSPS) is 20.0. The molecule has 1 aromatic rings. The number of rotatable bonds is 8. The van der Waals surface area contributed by atoms with Gasteiger partial charge < -0.3 is 15.0 Å². The smallest absolute Gasteiger partial charge is 0.225 e. The molecule has 2 rings (SSSR count). The van der Waals surface area contributed by atoms with Crippen LogP contribution in [0.5, 0.6) is 0 Å². The van der Waals surface area contributed by atoms with Crippen LogP contribution in [0.3, 0.4) is 0 Å². The molecule has 0 radical (unpaired) electrons. The van der Waals surface area contributed by atoms with Gasteiger partial charge in [0.1, 0.15) is 0 Å². The third kappa shape index (κ3) is 5.06. The van der Waals surface area contributed by atoms with Gasteiger partial charge in [0.15, 0.2) is 0 Å². The van der Waals surface area contributed by atoms with E-state index in [-0.39, 0.29) is 29.8 Å². The number of carbonyl (C=O) groups excluding carboxylic acids is 2. The Kier molecular flexibility index (Phi) is 6.79. The van der Waals surface area contributed by atoms with E-state index in [0.717, 1.165) is 12.8 Å². The van der Waals surface area contributed by atoms with Crippen LogP contribution in [-0.4, -0.2) is 49.1 Å². The third-order valence-electron chi connectivity index (χ3n) is 4.57. The van der Waals surface area contributed by atoms with Crippen LogP contribution in [0.1, 0.15) is 32.3 Å². The van der Waals surface area contributed by atoms with Crippen LogP contribution in [0.25, 0.3) is 0 Å². The summed E-state index contributed by atoms with van der Waals surface area (Å²) in [6.07, 6.45) is 2.12. The largest absolute Gasteiger partial charge is 0.383 e. The maximum Gasteiger partial charge on any atom is 0.225 e. The number of methoxy groups -OCH3 is 1. The second-order valence-corrected chi connectivity index (χ2v) is 6.69. The number of ether oxygens (including phenoxy) is 1. The van der Waals surface area contributed by atoms with Crippen LogP contribution in [0.4, 0.5) is 0 Å². The number of likely N-dealkylation sites (tertiary alicyclic amines) is 1. The van der Waals surface area contributed by atoms with E-state index in [9.17, 15) is 9.59 Å². The van der Waals surface area contributed by atoms with Crippen molar-refractivity contribution in [3.63, 3.8) is 0 Å². The zero-order chi connectivity index (χ0) is 17.5. The molecule has 0 saturated carbocycles. The van der Waals surface area contributed by atoms with Crippen LogP contribution >= 0.6 is 0 Å². The van der Waals surface area contributed by atoms with Crippen molar-refractivity contribution in [2.75, 3.05) is 20.3 Å². The molecule has 1 aliphatic rings. The molecule has 1 N–H and O–H groups in total. The lowest BCUT2D eigenvalue weighted by molar-refractivity contribution is -0.130. The lowest BCUT2D eigenvalue weighted by Gasteiger charge is -2.24. The second kappa shape index (κ2) is 8.83. The molecule has 0 unspecified atom stereocenters. The molecule has 0 aliphatic carbocycles. The summed E-state index contributed by atoms with van der Waals surface area (Å²) in [5, 5.41) is 3.06. The van der Waals surface area contributed by atoms with Crippen molar-refractivity contribution in [2.24, 2.45) is 5.92 Å². The molecule has 24 heavy (non-hydrogen) atoms. The Labute approximate surface area is 144 Å². The Hall–Kier alpha value is -1.88. The van der Waals surface area contributed by atoms with Gasteiger partial charge in [-0.15, -0.1) is 0 Å². The minimum atomic E-state index is -0.254. The van der Waals surface area contributed by atoms with Crippen molar-refractivity contribution in [2.45, 2.75) is 45.2 Å². The van der Waals surface area contributed by atoms with Crippen molar-refractivity contribution >= 4 is 11.8 Å². The molecule has 1 aromatic carbocycles. The van der Waals surface area contributed by atoms with Gasteiger partial charge in [0.05, 0.1) is 18.6 Å². The zero-order valence-electron chi connectivity index (χ0n) is 14.8. The SMILES string of the molecule is COC[C@@H](C)N1C[C@H](C(=O)N[C@@H](C)CCc2ccccc2)CC1=O. The zero-order valence-corrected chi connectivity index (χ0v) is 14.8. The molecule has 1 aliphatic heterocycles. The minimum Gasteiger partial charge on any atom is -0.383 e. The maximum atomic E-state index is 12.4. The molecule has 3 atom stereocenters. The molecule has 0 bridgehead atoms. The van der Waals surface area contributed by atoms with Gasteiger partial charge in [0, 0.05) is 26.1 Å². The molecular formula is C19H28N2O3. The summed E-state index contributed by atoms with van der Waals surface area (Å²) in [6, 6.07) is 10.4. The van der Waals surface area contributed by atoms with Gasteiger partial charge >= 0.3 is 0 Å². The number of nitrogens with one attached hydrogen (secondary N) is 1. The fourth-order valence-electron chi connectivity index (χ4n) is 3.13. The van der Waals surface area contributed by atoms with E-state index in [1.165, 1.54) is 5.56 Å². The molecule has 2 amide bonds. The first-order chi connectivity index (χ1) is 11.5. The predicted octanol–water partition coefficient (Wildman–Crippen LogP) is 2.01. The van der Waals surface area contributed by atoms with E-state index >= 15 is 0 Å². The fourth-order valence-corrected chi connectivity index (χ4v) is 3.13. The van der Waals surface area contributed by atoms with Gasteiger partial charge in [-0.1, -0.05) is 30.3 Å². The lowest BCUT2D eigenvalue weighted by atomic mass is 10.0. The summed E-state index contributed by atoms with van der Waals surface area (Å²) in [7, 11) is 1.62. The predicted molar refractivity (Wildman–Crippen MR) is 93.5 cm³/mol. The maximum absolute atomic E-state index is 12.4. The van der Waals surface area contributed by atoms with Crippen LogP contribution < -0.4 is 5.32 Å². The number of nitrogens with zero attached hydrogens (tertiary/aromatic N) is 1. The summed E-state index contributed by atoms with van der Waals surface area (Å²) in [6.45, 7) is 4.95. The number of amides is 2. The molecule has 132 valence electrons. The average molecular weight is 332 g/mol. The highest BCUT2D eigenvalue weighted by Crippen LogP contribution is 2.21. The van der Waals surface area contributed by atoms with Crippen LogP contribution in [0, 0.1) is 5.92 Å². The van der Waals surface area contributed by atoms with Gasteiger partial charge in [0.2, 0.25) is 11.8 Å². The first kappa shape index (κ1) is 18.5. The first-order valence-corrected chi connectivity index (χ1v) is 8.64. The number of benzene rings is 1. The lowest BCUT2D eigenvalue weighted by Crippen LogP contribution is -2.40. The van der Waals surface area contributed by atoms with Gasteiger partial charge in [-0.3, -0.25) is 9.59 Å². The van der Waals surface area contributed by atoms with Crippen molar-refractivity contribution in [3.05, 3.63) is 35.9 Å². The Balaban J connectivity index is 1.78. The van der Waals surface area contributed by atoms with E-state index in [1.807, 2.05) is 32.0 Å². The Bertz CT molecular complexity index is 547. The second-order valence-electron chi connectivity index (χ2n) is 6.69. The number of hydrogen-bond acceptors (Lipinski definition) is 3. The van der Waals surface area contributed by atoms with Crippen molar-refractivity contribution in [1.82, 2.24) is 10.2 Å². The highest BCUT2D eigenvalue weighted by atomic mass is 16.5. The first-order valence-electron chi connectivity index (χ1n) is 8.64. The summed E-state index contributed by atoms with van der Waals surface area (Å²) < 4.78 is 5.10. The Morgan fingerprint density at radius 3 is 2.71 bits per heavy atom. The van der Waals surface area contributed by atoms with Crippen LogP contribution in [0.2, 0.25) is 0 Å². The fraction of sp³-hybridized carbons (Fsp3) is 0.579. The van der Waals surface area contributed by atoms with Crippen LogP contribution in [0.15, 0.2) is 30.3 Å². The summed E-state index contributed by atoms with van der Waals surface area (Å²) in [5.74, 6) is -0.233. The molecule has 5 nitrogen and oxygen atoms in total. The van der Waals surface area contributed by atoms with E-state index in [0.29, 0.717) is 19.6 Å². The number of carbonyl (C=O) groups is 2. The molecule has 1 fully saturated rings. The van der Waals surface area contributed by atoms with Gasteiger partial charge in [-0.25, -0.2) is 0 Å². The third-order valence-corrected chi connectivity index (χ3v) is 4.57. The summed E-state index contributed by atoms with van der Waals surface area (Å²) in [4.78, 5) is 26.3. The van der Waals surface area contributed by atoms with Crippen molar-refractivity contribution in [3.8, 4) is 0 Å². The molecule has 5 heteroatoms. The topological polar surface area (TPSA) is 58.6 Å². The standard InChI is InChI=1S/C19H28N2O3/c1-14(9-10-16-7-5-4-6-8-16)20-19(23)17-11-18(22)21(12-17)15(2)13-24-3/h4-8,14-15,17H,9-13H2,1-3H3,(H,20,23)/t14-,15+,17+/m0/s1. The van der Waals surface area contributed by atoms with Gasteiger partial charge in [0.25, 0.3) is 0 Å². The van der Waals surface area contributed by atoms with Crippen LogP contribution in [-0.2, 0) is 20.7 Å². The molecule has 1 saturated heterocycles. The number of aryl methyl sites for hydroxylation is 1. The highest BCUT2D eigenvalue weighted by Gasteiger charge is 2.36. The molecular weight excluding hydrogens is 304 g/mol. The number of hydrogen-bond donors (Lipinski definition) is 1. The summed E-state index contributed by atoms with van der Waals surface area (Å²) >= 11 is 0. The van der Waals surface area contributed by atoms with Crippen molar-refractivity contribution < 1.29 is 14.3 Å². The quantitative estimate of drug-likeness (QED) is 0.792. The van der Waals surface area contributed by atoms with E-state index in [1.54, 1.807) is 12.0 Å². The molecule has 0 spiro atoms. The highest BCUT2D eigenvalue weighted by molar-refractivity contribution is 5.89. The van der Waals surface area contributed by atoms with E-state index < -0.39 is 0 Å². The summed E-state index contributed by atoms with van der Waals surface area (Å²) in [5.41, 5.74) is 1.27. The van der Waals surface area contributed by atoms with Crippen molar-refractivity contribution in [1.29, 1.82) is 0 Å². The van der Waals surface area contributed by atoms with E-state index in [2.05, 4.69) is 17.4 Å². The molecule has 1 heterocycles.